The van der Waals surface area contributed by atoms with Crippen LogP contribution in [0.2, 0.25) is 0 Å². The summed E-state index contributed by atoms with van der Waals surface area (Å²) in [7, 11) is 1.69. The average Bonchev–Trinajstić information content (AvgIpc) is 2.39. The number of benzene rings is 1. The van der Waals surface area contributed by atoms with Crippen LogP contribution in [-0.4, -0.2) is 44.1 Å². The van der Waals surface area contributed by atoms with Gasteiger partial charge in [0.2, 0.25) is 0 Å². The Morgan fingerprint density at radius 3 is 2.24 bits per heavy atom. The van der Waals surface area contributed by atoms with Gasteiger partial charge in [-0.05, 0) is 43.0 Å². The van der Waals surface area contributed by atoms with Gasteiger partial charge in [-0.1, -0.05) is 19.9 Å². The summed E-state index contributed by atoms with van der Waals surface area (Å²) < 4.78 is 10.8. The van der Waals surface area contributed by atoms with Gasteiger partial charge < -0.3 is 19.9 Å². The van der Waals surface area contributed by atoms with E-state index in [2.05, 4.69) is 25.2 Å². The van der Waals surface area contributed by atoms with Gasteiger partial charge in [0.05, 0.1) is 6.61 Å². The van der Waals surface area contributed by atoms with Gasteiger partial charge in [0, 0.05) is 19.7 Å². The molecule has 2 unspecified atom stereocenters. The Balaban J connectivity index is 2.38. The first kappa shape index (κ1) is 18.0. The van der Waals surface area contributed by atoms with Gasteiger partial charge in [0.15, 0.2) is 0 Å². The maximum atomic E-state index is 10.0. The molecule has 0 saturated carbocycles. The van der Waals surface area contributed by atoms with Gasteiger partial charge in [-0.25, -0.2) is 0 Å². The van der Waals surface area contributed by atoms with E-state index in [0.717, 1.165) is 16.9 Å². The SMILES string of the molecule is COCC(NCC(O)COc1cc(C)cc(C)c1)C(C)C. The number of aryl methyl sites for hydroxylation is 2. The van der Waals surface area contributed by atoms with Crippen LogP contribution in [-0.2, 0) is 4.74 Å². The molecule has 0 spiro atoms. The quantitative estimate of drug-likeness (QED) is 0.734. The monoisotopic (exact) mass is 295 g/mol. The predicted octanol–water partition coefficient (Wildman–Crippen LogP) is 2.30. The normalized spacial score (nSPS) is 14.2. The lowest BCUT2D eigenvalue weighted by Gasteiger charge is -2.23. The molecule has 0 bridgehead atoms. The molecule has 0 amide bonds. The summed E-state index contributed by atoms with van der Waals surface area (Å²) in [6.07, 6.45) is -0.538. The maximum absolute atomic E-state index is 10.0. The minimum Gasteiger partial charge on any atom is -0.491 e. The third-order valence-corrected chi connectivity index (χ3v) is 3.40. The first-order valence-corrected chi connectivity index (χ1v) is 7.53. The Kier molecular flexibility index (Phi) is 7.72. The number of rotatable bonds is 9. The molecule has 0 aliphatic carbocycles. The molecule has 0 fully saturated rings. The highest BCUT2D eigenvalue weighted by Gasteiger charge is 2.14. The fourth-order valence-electron chi connectivity index (χ4n) is 2.22. The third kappa shape index (κ3) is 6.93. The Morgan fingerprint density at radius 1 is 1.10 bits per heavy atom. The van der Waals surface area contributed by atoms with E-state index >= 15 is 0 Å². The van der Waals surface area contributed by atoms with Gasteiger partial charge in [-0.2, -0.15) is 0 Å². The van der Waals surface area contributed by atoms with E-state index in [1.54, 1.807) is 7.11 Å². The van der Waals surface area contributed by atoms with Crippen molar-refractivity contribution in [2.24, 2.45) is 5.92 Å². The molecule has 0 aliphatic rings. The Bertz CT molecular complexity index is 400. The number of aliphatic hydroxyl groups excluding tert-OH is 1. The Hall–Kier alpha value is -1.10. The second kappa shape index (κ2) is 9.03. The summed E-state index contributed by atoms with van der Waals surface area (Å²) in [6, 6.07) is 6.30. The molecular weight excluding hydrogens is 266 g/mol. The van der Waals surface area contributed by atoms with Crippen molar-refractivity contribution in [2.45, 2.75) is 39.8 Å². The van der Waals surface area contributed by atoms with Crippen molar-refractivity contribution in [2.75, 3.05) is 26.9 Å². The van der Waals surface area contributed by atoms with E-state index in [-0.39, 0.29) is 12.6 Å². The van der Waals surface area contributed by atoms with Crippen LogP contribution in [0, 0.1) is 19.8 Å². The van der Waals surface area contributed by atoms with Crippen LogP contribution in [0.1, 0.15) is 25.0 Å². The molecule has 1 aromatic carbocycles. The van der Waals surface area contributed by atoms with Crippen LogP contribution in [0.5, 0.6) is 5.75 Å². The van der Waals surface area contributed by atoms with Crippen LogP contribution >= 0.6 is 0 Å². The second-order valence-electron chi connectivity index (χ2n) is 6.00. The van der Waals surface area contributed by atoms with Crippen LogP contribution in [0.25, 0.3) is 0 Å². The van der Waals surface area contributed by atoms with Crippen molar-refractivity contribution < 1.29 is 14.6 Å². The van der Waals surface area contributed by atoms with Crippen LogP contribution in [0.3, 0.4) is 0 Å². The predicted molar refractivity (Wildman–Crippen MR) is 85.9 cm³/mol. The van der Waals surface area contributed by atoms with E-state index in [1.807, 2.05) is 26.0 Å². The minimum absolute atomic E-state index is 0.242. The lowest BCUT2D eigenvalue weighted by Crippen LogP contribution is -2.43. The van der Waals surface area contributed by atoms with Crippen LogP contribution < -0.4 is 10.1 Å². The largest absolute Gasteiger partial charge is 0.491 e. The first-order valence-electron chi connectivity index (χ1n) is 7.53. The second-order valence-corrected chi connectivity index (χ2v) is 6.00. The highest BCUT2D eigenvalue weighted by Crippen LogP contribution is 2.16. The lowest BCUT2D eigenvalue weighted by atomic mass is 10.1. The van der Waals surface area contributed by atoms with Gasteiger partial charge in [-0.3, -0.25) is 0 Å². The molecule has 120 valence electrons. The van der Waals surface area contributed by atoms with E-state index in [0.29, 0.717) is 19.1 Å². The van der Waals surface area contributed by atoms with Gasteiger partial charge >= 0.3 is 0 Å². The molecular formula is C17H29NO3. The third-order valence-electron chi connectivity index (χ3n) is 3.40. The van der Waals surface area contributed by atoms with Crippen molar-refractivity contribution >= 4 is 0 Å². The molecule has 4 heteroatoms. The molecule has 0 aromatic heterocycles. The Morgan fingerprint density at radius 2 is 1.71 bits per heavy atom. The van der Waals surface area contributed by atoms with Crippen molar-refractivity contribution in [3.05, 3.63) is 29.3 Å². The number of ether oxygens (including phenoxy) is 2. The first-order chi connectivity index (χ1) is 9.92. The zero-order valence-corrected chi connectivity index (χ0v) is 13.8. The smallest absolute Gasteiger partial charge is 0.119 e. The highest BCUT2D eigenvalue weighted by atomic mass is 16.5. The summed E-state index contributed by atoms with van der Waals surface area (Å²) in [5.74, 6) is 1.27. The average molecular weight is 295 g/mol. The summed E-state index contributed by atoms with van der Waals surface area (Å²) in [5.41, 5.74) is 2.33. The molecule has 0 aliphatic heterocycles. The van der Waals surface area contributed by atoms with E-state index < -0.39 is 6.10 Å². The summed E-state index contributed by atoms with van der Waals surface area (Å²) >= 11 is 0. The van der Waals surface area contributed by atoms with Crippen molar-refractivity contribution in [1.29, 1.82) is 0 Å². The molecule has 2 N–H and O–H groups in total. The fourth-order valence-corrected chi connectivity index (χ4v) is 2.22. The molecule has 0 radical (unpaired) electrons. The lowest BCUT2D eigenvalue weighted by molar-refractivity contribution is 0.0900. The molecule has 4 nitrogen and oxygen atoms in total. The minimum atomic E-state index is -0.538. The molecule has 1 rings (SSSR count). The summed E-state index contributed by atoms with van der Waals surface area (Å²) in [4.78, 5) is 0. The highest BCUT2D eigenvalue weighted by molar-refractivity contribution is 5.32. The number of nitrogens with one attached hydrogen (secondary N) is 1. The maximum Gasteiger partial charge on any atom is 0.119 e. The standard InChI is InChI=1S/C17H29NO3/c1-12(2)17(11-20-5)18-9-15(19)10-21-16-7-13(3)6-14(4)8-16/h6-8,12,15,17-19H,9-11H2,1-5H3. The molecule has 1 aromatic rings. The number of aliphatic hydroxyl groups is 1. The zero-order valence-electron chi connectivity index (χ0n) is 13.8. The number of methoxy groups -OCH3 is 1. The van der Waals surface area contributed by atoms with Gasteiger partial charge in [0.25, 0.3) is 0 Å². The fraction of sp³-hybridized carbons (Fsp3) is 0.647. The summed E-state index contributed by atoms with van der Waals surface area (Å²) in [6.45, 7) is 9.77. The molecule has 0 heterocycles. The number of hydrogen-bond donors (Lipinski definition) is 2. The molecule has 0 saturated heterocycles. The number of hydrogen-bond acceptors (Lipinski definition) is 4. The van der Waals surface area contributed by atoms with Crippen LogP contribution in [0.15, 0.2) is 18.2 Å². The van der Waals surface area contributed by atoms with E-state index in [4.69, 9.17) is 9.47 Å². The van der Waals surface area contributed by atoms with Crippen molar-refractivity contribution in [1.82, 2.24) is 5.32 Å². The molecule has 21 heavy (non-hydrogen) atoms. The Labute approximate surface area is 128 Å². The van der Waals surface area contributed by atoms with Crippen molar-refractivity contribution in [3.8, 4) is 5.75 Å². The van der Waals surface area contributed by atoms with Crippen LogP contribution in [0.4, 0.5) is 0 Å². The van der Waals surface area contributed by atoms with Crippen molar-refractivity contribution in [3.63, 3.8) is 0 Å². The molecule has 2 atom stereocenters. The van der Waals surface area contributed by atoms with Gasteiger partial charge in [0.1, 0.15) is 18.5 Å². The van der Waals surface area contributed by atoms with E-state index in [1.165, 1.54) is 0 Å². The zero-order chi connectivity index (χ0) is 15.8. The topological polar surface area (TPSA) is 50.7 Å². The van der Waals surface area contributed by atoms with E-state index in [9.17, 15) is 5.11 Å². The summed E-state index contributed by atoms with van der Waals surface area (Å²) in [5, 5.41) is 13.3. The van der Waals surface area contributed by atoms with Gasteiger partial charge in [-0.15, -0.1) is 0 Å².